The number of rotatable bonds is 3. The molecule has 1 unspecified atom stereocenters. The topological polar surface area (TPSA) is 39.2 Å². The van der Waals surface area contributed by atoms with Crippen LogP contribution in [0.2, 0.25) is 0 Å². The van der Waals surface area contributed by atoms with E-state index in [1.54, 1.807) is 17.6 Å². The van der Waals surface area contributed by atoms with Crippen LogP contribution in [0.3, 0.4) is 0 Å². The molecule has 3 heteroatoms. The molecule has 0 aliphatic carbocycles. The van der Waals surface area contributed by atoms with Crippen LogP contribution in [0.5, 0.6) is 0 Å². The van der Waals surface area contributed by atoms with Gasteiger partial charge in [-0.1, -0.05) is 18.2 Å². The normalized spacial score (nSPS) is 13.0. The Morgan fingerprint density at radius 3 is 2.94 bits per heavy atom. The Hall–Kier alpha value is -1.58. The smallest absolute Gasteiger partial charge is 0.101 e. The second-order valence-corrected chi connectivity index (χ2v) is 5.47. The van der Waals surface area contributed by atoms with Crippen molar-refractivity contribution in [1.82, 2.24) is 0 Å². The van der Waals surface area contributed by atoms with Crippen molar-refractivity contribution < 1.29 is 4.42 Å². The highest BCUT2D eigenvalue weighted by Crippen LogP contribution is 2.29. The molecule has 0 aliphatic rings. The minimum atomic E-state index is 0.000422. The fourth-order valence-corrected chi connectivity index (χ4v) is 3.18. The van der Waals surface area contributed by atoms with E-state index in [0.717, 1.165) is 17.7 Å². The van der Waals surface area contributed by atoms with E-state index in [2.05, 4.69) is 29.6 Å². The number of hydrogen-bond donors (Lipinski definition) is 1. The molecule has 0 bridgehead atoms. The van der Waals surface area contributed by atoms with Crippen molar-refractivity contribution >= 4 is 21.4 Å². The maximum Gasteiger partial charge on any atom is 0.101 e. The van der Waals surface area contributed by atoms with Gasteiger partial charge in [0.25, 0.3) is 0 Å². The van der Waals surface area contributed by atoms with Gasteiger partial charge in [-0.2, -0.15) is 0 Å². The maximum absolute atomic E-state index is 6.24. The Balaban J connectivity index is 1.88. The molecule has 0 saturated heterocycles. The van der Waals surface area contributed by atoms with Crippen molar-refractivity contribution in [3.63, 3.8) is 0 Å². The molecule has 0 aliphatic heterocycles. The average molecular weight is 257 g/mol. The van der Waals surface area contributed by atoms with E-state index >= 15 is 0 Å². The standard InChI is InChI=1S/C15H15NOS/c1-10-6-11(8-17-10)14(16)7-12-9-18-15-5-3-2-4-13(12)15/h2-6,8-9,14H,7,16H2,1H3. The summed E-state index contributed by atoms with van der Waals surface area (Å²) in [6.45, 7) is 1.94. The molecule has 92 valence electrons. The van der Waals surface area contributed by atoms with Gasteiger partial charge in [0.2, 0.25) is 0 Å². The van der Waals surface area contributed by atoms with Gasteiger partial charge in [0.1, 0.15) is 5.76 Å². The Bertz CT molecular complexity index is 668. The zero-order valence-electron chi connectivity index (χ0n) is 10.2. The molecule has 0 radical (unpaired) electrons. The van der Waals surface area contributed by atoms with Crippen LogP contribution in [-0.4, -0.2) is 0 Å². The molecule has 0 saturated carbocycles. The molecule has 18 heavy (non-hydrogen) atoms. The van der Waals surface area contributed by atoms with Crippen molar-refractivity contribution in [2.75, 3.05) is 0 Å². The number of hydrogen-bond acceptors (Lipinski definition) is 3. The number of thiophene rings is 1. The molecule has 3 aromatic rings. The molecule has 2 N–H and O–H groups in total. The monoisotopic (exact) mass is 257 g/mol. The largest absolute Gasteiger partial charge is 0.469 e. The summed E-state index contributed by atoms with van der Waals surface area (Å²) in [6, 6.07) is 10.5. The number of benzene rings is 1. The van der Waals surface area contributed by atoms with Gasteiger partial charge < -0.3 is 10.2 Å². The number of fused-ring (bicyclic) bond motifs is 1. The molecule has 0 spiro atoms. The van der Waals surface area contributed by atoms with Gasteiger partial charge in [0.05, 0.1) is 6.26 Å². The van der Waals surface area contributed by atoms with Gasteiger partial charge in [-0.3, -0.25) is 0 Å². The van der Waals surface area contributed by atoms with E-state index in [-0.39, 0.29) is 6.04 Å². The molecule has 1 atom stereocenters. The van der Waals surface area contributed by atoms with E-state index in [0.29, 0.717) is 0 Å². The van der Waals surface area contributed by atoms with Crippen molar-refractivity contribution in [3.8, 4) is 0 Å². The third-order valence-electron chi connectivity index (χ3n) is 3.18. The van der Waals surface area contributed by atoms with Crippen LogP contribution >= 0.6 is 11.3 Å². The first-order valence-electron chi connectivity index (χ1n) is 6.00. The van der Waals surface area contributed by atoms with Crippen LogP contribution in [0.25, 0.3) is 10.1 Å². The predicted octanol–water partition coefficient (Wildman–Crippen LogP) is 4.05. The Labute approximate surface area is 110 Å². The highest BCUT2D eigenvalue weighted by Gasteiger charge is 2.12. The predicted molar refractivity (Wildman–Crippen MR) is 75.9 cm³/mol. The lowest BCUT2D eigenvalue weighted by Crippen LogP contribution is -2.12. The number of nitrogens with two attached hydrogens (primary N) is 1. The third kappa shape index (κ3) is 2.07. The van der Waals surface area contributed by atoms with Crippen molar-refractivity contribution in [2.45, 2.75) is 19.4 Å². The summed E-state index contributed by atoms with van der Waals surface area (Å²) in [5.74, 6) is 0.913. The van der Waals surface area contributed by atoms with E-state index in [1.807, 2.05) is 13.0 Å². The summed E-state index contributed by atoms with van der Waals surface area (Å²) in [5.41, 5.74) is 8.63. The van der Waals surface area contributed by atoms with Crippen molar-refractivity contribution in [1.29, 1.82) is 0 Å². The van der Waals surface area contributed by atoms with Gasteiger partial charge in [-0.05, 0) is 41.8 Å². The van der Waals surface area contributed by atoms with Crippen LogP contribution in [0.1, 0.15) is 22.9 Å². The first kappa shape index (κ1) is 11.5. The summed E-state index contributed by atoms with van der Waals surface area (Å²) in [5, 5.41) is 3.52. The molecule has 2 aromatic heterocycles. The quantitative estimate of drug-likeness (QED) is 0.769. The molecule has 2 heterocycles. The lowest BCUT2D eigenvalue weighted by Gasteiger charge is -2.08. The summed E-state index contributed by atoms with van der Waals surface area (Å²) in [7, 11) is 0. The van der Waals surface area contributed by atoms with Crippen LogP contribution in [0, 0.1) is 6.92 Å². The fourth-order valence-electron chi connectivity index (χ4n) is 2.20. The molecule has 0 amide bonds. The van der Waals surface area contributed by atoms with E-state index in [9.17, 15) is 0 Å². The van der Waals surface area contributed by atoms with Gasteiger partial charge in [0.15, 0.2) is 0 Å². The van der Waals surface area contributed by atoms with E-state index < -0.39 is 0 Å². The highest BCUT2D eigenvalue weighted by atomic mass is 32.1. The first-order chi connectivity index (χ1) is 8.74. The van der Waals surface area contributed by atoms with Gasteiger partial charge in [0, 0.05) is 16.3 Å². The third-order valence-corrected chi connectivity index (χ3v) is 4.19. The van der Waals surface area contributed by atoms with Gasteiger partial charge in [-0.15, -0.1) is 11.3 Å². The zero-order chi connectivity index (χ0) is 12.5. The van der Waals surface area contributed by atoms with Crippen LogP contribution in [-0.2, 0) is 6.42 Å². The molecule has 1 aromatic carbocycles. The van der Waals surface area contributed by atoms with Crippen molar-refractivity contribution in [3.05, 3.63) is 58.9 Å². The molecular weight excluding hydrogens is 242 g/mol. The summed E-state index contributed by atoms with van der Waals surface area (Å²) in [4.78, 5) is 0. The van der Waals surface area contributed by atoms with Gasteiger partial charge >= 0.3 is 0 Å². The highest BCUT2D eigenvalue weighted by molar-refractivity contribution is 7.17. The van der Waals surface area contributed by atoms with E-state index in [1.165, 1.54) is 15.6 Å². The average Bonchev–Trinajstić information content (AvgIpc) is 2.97. The lowest BCUT2D eigenvalue weighted by molar-refractivity contribution is 0.528. The fraction of sp³-hybridized carbons (Fsp3) is 0.200. The van der Waals surface area contributed by atoms with E-state index in [4.69, 9.17) is 10.2 Å². The minimum absolute atomic E-state index is 0.000422. The summed E-state index contributed by atoms with van der Waals surface area (Å²) >= 11 is 1.78. The lowest BCUT2D eigenvalue weighted by atomic mass is 10.0. The van der Waals surface area contributed by atoms with Crippen LogP contribution in [0.4, 0.5) is 0 Å². The maximum atomic E-state index is 6.24. The zero-order valence-corrected chi connectivity index (χ0v) is 11.0. The summed E-state index contributed by atoms with van der Waals surface area (Å²) in [6.07, 6.45) is 2.61. The second-order valence-electron chi connectivity index (χ2n) is 4.56. The number of furan rings is 1. The molecular formula is C15H15NOS. The first-order valence-corrected chi connectivity index (χ1v) is 6.88. The Morgan fingerprint density at radius 1 is 1.33 bits per heavy atom. The summed E-state index contributed by atoms with van der Waals surface area (Å²) < 4.78 is 6.64. The van der Waals surface area contributed by atoms with Crippen LogP contribution in [0.15, 0.2) is 46.4 Å². The molecule has 0 fully saturated rings. The molecule has 2 nitrogen and oxygen atoms in total. The second kappa shape index (κ2) is 4.59. The number of aryl methyl sites for hydroxylation is 1. The Morgan fingerprint density at radius 2 is 2.17 bits per heavy atom. The van der Waals surface area contributed by atoms with Gasteiger partial charge in [-0.25, -0.2) is 0 Å². The SMILES string of the molecule is Cc1cc(C(N)Cc2csc3ccccc23)co1. The minimum Gasteiger partial charge on any atom is -0.469 e. The Kier molecular flexibility index (Phi) is 2.94. The van der Waals surface area contributed by atoms with Crippen LogP contribution < -0.4 is 5.73 Å². The van der Waals surface area contributed by atoms with Crippen molar-refractivity contribution in [2.24, 2.45) is 5.73 Å². The molecule has 3 rings (SSSR count).